The molecule has 0 saturated carbocycles. The highest BCUT2D eigenvalue weighted by molar-refractivity contribution is 7.98. The van der Waals surface area contributed by atoms with Crippen molar-refractivity contribution in [2.45, 2.75) is 18.6 Å². The molecule has 0 radical (unpaired) electrons. The van der Waals surface area contributed by atoms with Crippen LogP contribution in [0, 0.1) is 5.92 Å². The Balaban J connectivity index is 1.59. The van der Waals surface area contributed by atoms with Crippen LogP contribution in [-0.2, 0) is 10.5 Å². The number of thioether (sulfide) groups is 1. The maximum Gasteiger partial charge on any atom is 0.224 e. The fraction of sp³-hybridized carbons (Fsp3) is 0.562. The molecule has 1 atom stereocenters. The molecule has 0 aromatic heterocycles. The number of amides is 1. The second-order valence-corrected chi connectivity index (χ2v) is 7.11. The molecule has 1 N–H and O–H groups in total. The van der Waals surface area contributed by atoms with Crippen molar-refractivity contribution in [3.05, 3.63) is 34.9 Å². The summed E-state index contributed by atoms with van der Waals surface area (Å²) in [6, 6.07) is 7.93. The van der Waals surface area contributed by atoms with E-state index in [1.54, 1.807) is 0 Å². The number of hydrogen-bond acceptors (Lipinski definition) is 3. The standard InChI is InChI=1S/C16H23ClN2OS/c1-19-9-2-3-14(11-19)16(20)18-8-10-21-12-13-4-6-15(17)7-5-13/h4-7,14H,2-3,8-12H2,1H3,(H,18,20)/t14-/m0/s1. The van der Waals surface area contributed by atoms with Crippen molar-refractivity contribution in [1.82, 2.24) is 10.2 Å². The number of nitrogens with zero attached hydrogens (tertiary/aromatic N) is 1. The maximum absolute atomic E-state index is 12.1. The summed E-state index contributed by atoms with van der Waals surface area (Å²) in [4.78, 5) is 14.3. The molecule has 1 aliphatic heterocycles. The van der Waals surface area contributed by atoms with Gasteiger partial charge in [0.2, 0.25) is 5.91 Å². The van der Waals surface area contributed by atoms with Crippen LogP contribution in [0.25, 0.3) is 0 Å². The quantitative estimate of drug-likeness (QED) is 0.816. The Kier molecular flexibility index (Phi) is 6.87. The average molecular weight is 327 g/mol. The van der Waals surface area contributed by atoms with Crippen molar-refractivity contribution >= 4 is 29.3 Å². The zero-order valence-corrected chi connectivity index (χ0v) is 14.1. The van der Waals surface area contributed by atoms with Crippen molar-refractivity contribution < 1.29 is 4.79 Å². The van der Waals surface area contributed by atoms with Crippen LogP contribution >= 0.6 is 23.4 Å². The van der Waals surface area contributed by atoms with E-state index in [1.165, 1.54) is 5.56 Å². The lowest BCUT2D eigenvalue weighted by molar-refractivity contribution is -0.126. The lowest BCUT2D eigenvalue weighted by atomic mass is 9.98. The monoisotopic (exact) mass is 326 g/mol. The van der Waals surface area contributed by atoms with E-state index in [-0.39, 0.29) is 11.8 Å². The van der Waals surface area contributed by atoms with E-state index in [4.69, 9.17) is 11.6 Å². The number of carbonyl (C=O) groups is 1. The topological polar surface area (TPSA) is 32.3 Å². The Morgan fingerprint density at radius 2 is 2.19 bits per heavy atom. The highest BCUT2D eigenvalue weighted by Crippen LogP contribution is 2.16. The first kappa shape index (κ1) is 16.7. The van der Waals surface area contributed by atoms with Crippen LogP contribution in [0.2, 0.25) is 5.02 Å². The van der Waals surface area contributed by atoms with Crippen LogP contribution in [-0.4, -0.2) is 43.2 Å². The Morgan fingerprint density at radius 1 is 1.43 bits per heavy atom. The molecule has 116 valence electrons. The van der Waals surface area contributed by atoms with Crippen molar-refractivity contribution in [1.29, 1.82) is 0 Å². The summed E-state index contributed by atoms with van der Waals surface area (Å²) < 4.78 is 0. The molecule has 1 fully saturated rings. The number of carbonyl (C=O) groups excluding carboxylic acids is 1. The van der Waals surface area contributed by atoms with E-state index in [2.05, 4.69) is 17.3 Å². The SMILES string of the molecule is CN1CCC[C@H](C(=O)NCCSCc2ccc(Cl)cc2)C1. The number of piperidine rings is 1. The third kappa shape index (κ3) is 5.89. The summed E-state index contributed by atoms with van der Waals surface area (Å²) in [5, 5.41) is 3.83. The van der Waals surface area contributed by atoms with Crippen LogP contribution < -0.4 is 5.32 Å². The molecular weight excluding hydrogens is 304 g/mol. The van der Waals surface area contributed by atoms with E-state index in [0.717, 1.165) is 49.0 Å². The van der Waals surface area contributed by atoms with Gasteiger partial charge in [-0.2, -0.15) is 11.8 Å². The number of benzene rings is 1. The minimum atomic E-state index is 0.171. The lowest BCUT2D eigenvalue weighted by Gasteiger charge is -2.28. The van der Waals surface area contributed by atoms with Crippen LogP contribution in [0.4, 0.5) is 0 Å². The van der Waals surface area contributed by atoms with Gasteiger partial charge in [-0.3, -0.25) is 4.79 Å². The predicted molar refractivity (Wildman–Crippen MR) is 90.8 cm³/mol. The highest BCUT2D eigenvalue weighted by atomic mass is 35.5. The third-order valence-electron chi connectivity index (χ3n) is 3.72. The van der Waals surface area contributed by atoms with E-state index in [1.807, 2.05) is 36.0 Å². The summed E-state index contributed by atoms with van der Waals surface area (Å²) in [5.41, 5.74) is 1.27. The first-order valence-electron chi connectivity index (χ1n) is 7.43. The van der Waals surface area contributed by atoms with Gasteiger partial charge in [-0.1, -0.05) is 23.7 Å². The molecule has 1 saturated heterocycles. The molecule has 21 heavy (non-hydrogen) atoms. The van der Waals surface area contributed by atoms with Crippen molar-refractivity contribution in [3.8, 4) is 0 Å². The fourth-order valence-electron chi connectivity index (χ4n) is 2.54. The molecule has 3 nitrogen and oxygen atoms in total. The Morgan fingerprint density at radius 3 is 2.90 bits per heavy atom. The molecule has 0 spiro atoms. The van der Waals surface area contributed by atoms with Gasteiger partial charge in [0.1, 0.15) is 0 Å². The molecular formula is C16H23ClN2OS. The van der Waals surface area contributed by atoms with Gasteiger partial charge in [0.25, 0.3) is 0 Å². The molecule has 1 heterocycles. The van der Waals surface area contributed by atoms with E-state index < -0.39 is 0 Å². The summed E-state index contributed by atoms with van der Waals surface area (Å²) in [7, 11) is 2.08. The minimum absolute atomic E-state index is 0.171. The molecule has 1 aromatic rings. The van der Waals surface area contributed by atoms with Gasteiger partial charge in [0.15, 0.2) is 0 Å². The smallest absolute Gasteiger partial charge is 0.224 e. The van der Waals surface area contributed by atoms with Gasteiger partial charge >= 0.3 is 0 Å². The molecule has 1 aromatic carbocycles. The number of nitrogens with one attached hydrogen (secondary N) is 1. The molecule has 5 heteroatoms. The third-order valence-corrected chi connectivity index (χ3v) is 5.01. The van der Waals surface area contributed by atoms with Crippen molar-refractivity contribution in [2.75, 3.05) is 32.4 Å². The molecule has 0 aliphatic carbocycles. The normalized spacial score (nSPS) is 19.4. The molecule has 2 rings (SSSR count). The van der Waals surface area contributed by atoms with Gasteiger partial charge in [0, 0.05) is 29.6 Å². The minimum Gasteiger partial charge on any atom is -0.355 e. The Labute approximate surface area is 136 Å². The van der Waals surface area contributed by atoms with Gasteiger partial charge in [0.05, 0.1) is 5.92 Å². The van der Waals surface area contributed by atoms with Gasteiger partial charge < -0.3 is 10.2 Å². The Bertz CT molecular complexity index is 452. The number of hydrogen-bond donors (Lipinski definition) is 1. The number of halogens is 1. The van der Waals surface area contributed by atoms with Crippen molar-refractivity contribution in [3.63, 3.8) is 0 Å². The molecule has 1 aliphatic rings. The zero-order chi connectivity index (χ0) is 15.1. The van der Waals surface area contributed by atoms with Gasteiger partial charge in [-0.15, -0.1) is 0 Å². The maximum atomic E-state index is 12.1. The first-order valence-corrected chi connectivity index (χ1v) is 8.97. The first-order chi connectivity index (χ1) is 10.1. The van der Waals surface area contributed by atoms with Crippen LogP contribution in [0.5, 0.6) is 0 Å². The number of likely N-dealkylation sites (tertiary alicyclic amines) is 1. The fourth-order valence-corrected chi connectivity index (χ4v) is 3.49. The second-order valence-electron chi connectivity index (χ2n) is 5.57. The highest BCUT2D eigenvalue weighted by Gasteiger charge is 2.23. The van der Waals surface area contributed by atoms with Gasteiger partial charge in [-0.25, -0.2) is 0 Å². The lowest BCUT2D eigenvalue weighted by Crippen LogP contribution is -2.41. The van der Waals surface area contributed by atoms with Crippen LogP contribution in [0.3, 0.4) is 0 Å². The number of rotatable bonds is 6. The average Bonchev–Trinajstić information content (AvgIpc) is 2.48. The molecule has 0 unspecified atom stereocenters. The van der Waals surface area contributed by atoms with E-state index in [0.29, 0.717) is 0 Å². The van der Waals surface area contributed by atoms with Gasteiger partial charge in [-0.05, 0) is 44.1 Å². The largest absolute Gasteiger partial charge is 0.355 e. The van der Waals surface area contributed by atoms with E-state index in [9.17, 15) is 4.79 Å². The van der Waals surface area contributed by atoms with Crippen molar-refractivity contribution in [2.24, 2.45) is 5.92 Å². The van der Waals surface area contributed by atoms with Crippen LogP contribution in [0.15, 0.2) is 24.3 Å². The summed E-state index contributed by atoms with van der Waals surface area (Å²) in [6.45, 7) is 2.75. The zero-order valence-electron chi connectivity index (χ0n) is 12.5. The summed E-state index contributed by atoms with van der Waals surface area (Å²) in [6.07, 6.45) is 2.15. The summed E-state index contributed by atoms with van der Waals surface area (Å²) >= 11 is 7.69. The van der Waals surface area contributed by atoms with Crippen LogP contribution in [0.1, 0.15) is 18.4 Å². The predicted octanol–water partition coefficient (Wildman–Crippen LogP) is 3.03. The molecule has 0 bridgehead atoms. The second kappa shape index (κ2) is 8.66. The Hall–Kier alpha value is -0.710. The summed E-state index contributed by atoms with van der Waals surface area (Å²) in [5.74, 6) is 2.29. The van der Waals surface area contributed by atoms with E-state index >= 15 is 0 Å². The molecule has 1 amide bonds.